The van der Waals surface area contributed by atoms with Crippen molar-refractivity contribution in [1.82, 2.24) is 0 Å². The molecule has 2 amide bonds. The molecule has 16 heavy (non-hydrogen) atoms. The van der Waals surface area contributed by atoms with Crippen LogP contribution in [-0.2, 0) is 9.59 Å². The average Bonchev–Trinajstić information content (AvgIpc) is 2.28. The second kappa shape index (κ2) is 4.06. The molecule has 1 heterocycles. The highest BCUT2D eigenvalue weighted by Gasteiger charge is 2.19. The Balaban J connectivity index is 2.33. The van der Waals surface area contributed by atoms with E-state index in [0.29, 0.717) is 17.1 Å². The topological polar surface area (TPSA) is 67.4 Å². The van der Waals surface area contributed by atoms with Gasteiger partial charge in [0.05, 0.1) is 11.4 Å². The zero-order chi connectivity index (χ0) is 11.5. The standard InChI is InChI=1S/C11H10N2O3/c1-2-9(14)12-7-4-3-5-8-11(7)16-6-10(15)13-8/h2-5H,1,6H2,(H,12,14)(H,13,15). The van der Waals surface area contributed by atoms with Gasteiger partial charge in [-0.05, 0) is 18.2 Å². The molecule has 1 aromatic carbocycles. The molecule has 0 saturated carbocycles. The number of nitrogens with one attached hydrogen (secondary N) is 2. The van der Waals surface area contributed by atoms with E-state index >= 15 is 0 Å². The van der Waals surface area contributed by atoms with Crippen molar-refractivity contribution in [1.29, 1.82) is 0 Å². The molecule has 1 aliphatic heterocycles. The number of carbonyl (C=O) groups is 2. The van der Waals surface area contributed by atoms with Gasteiger partial charge in [0.15, 0.2) is 12.4 Å². The first-order valence-corrected chi connectivity index (χ1v) is 4.70. The molecule has 5 heteroatoms. The maximum Gasteiger partial charge on any atom is 0.262 e. The quantitative estimate of drug-likeness (QED) is 0.731. The van der Waals surface area contributed by atoms with Gasteiger partial charge in [0.25, 0.3) is 5.91 Å². The van der Waals surface area contributed by atoms with E-state index in [1.807, 2.05) is 0 Å². The minimum absolute atomic E-state index is 0.0476. The van der Waals surface area contributed by atoms with E-state index in [1.165, 1.54) is 6.08 Å². The van der Waals surface area contributed by atoms with Crippen LogP contribution in [0.4, 0.5) is 11.4 Å². The van der Waals surface area contributed by atoms with Gasteiger partial charge < -0.3 is 15.4 Å². The SMILES string of the molecule is C=CC(=O)Nc1cccc2c1OCC(=O)N2. The zero-order valence-corrected chi connectivity index (χ0v) is 8.45. The van der Waals surface area contributed by atoms with Crippen molar-refractivity contribution in [3.8, 4) is 5.75 Å². The highest BCUT2D eigenvalue weighted by atomic mass is 16.5. The van der Waals surface area contributed by atoms with Crippen LogP contribution in [0.3, 0.4) is 0 Å². The second-order valence-electron chi connectivity index (χ2n) is 3.21. The number of rotatable bonds is 2. The monoisotopic (exact) mass is 218 g/mol. The van der Waals surface area contributed by atoms with E-state index in [1.54, 1.807) is 18.2 Å². The molecule has 0 aliphatic carbocycles. The van der Waals surface area contributed by atoms with E-state index in [4.69, 9.17) is 4.74 Å². The molecule has 5 nitrogen and oxygen atoms in total. The van der Waals surface area contributed by atoms with Crippen molar-refractivity contribution < 1.29 is 14.3 Å². The highest BCUT2D eigenvalue weighted by Crippen LogP contribution is 2.35. The molecule has 2 rings (SSSR count). The van der Waals surface area contributed by atoms with Gasteiger partial charge in [-0.2, -0.15) is 0 Å². The summed E-state index contributed by atoms with van der Waals surface area (Å²) in [7, 11) is 0. The van der Waals surface area contributed by atoms with Crippen LogP contribution in [0.1, 0.15) is 0 Å². The molecular formula is C11H10N2O3. The number of para-hydroxylation sites is 1. The van der Waals surface area contributed by atoms with Crippen LogP contribution in [0.5, 0.6) is 5.75 Å². The molecule has 0 spiro atoms. The Morgan fingerprint density at radius 1 is 1.56 bits per heavy atom. The molecule has 1 aromatic rings. The number of hydrogen-bond acceptors (Lipinski definition) is 3. The molecular weight excluding hydrogens is 208 g/mol. The van der Waals surface area contributed by atoms with Crippen molar-refractivity contribution >= 4 is 23.2 Å². The predicted molar refractivity (Wildman–Crippen MR) is 59.4 cm³/mol. The number of anilines is 2. The molecule has 0 bridgehead atoms. The number of amides is 2. The molecule has 0 fully saturated rings. The third-order valence-corrected chi connectivity index (χ3v) is 2.08. The molecule has 0 unspecified atom stereocenters. The zero-order valence-electron chi connectivity index (χ0n) is 8.45. The van der Waals surface area contributed by atoms with E-state index in [2.05, 4.69) is 17.2 Å². The van der Waals surface area contributed by atoms with Crippen LogP contribution in [0.15, 0.2) is 30.9 Å². The van der Waals surface area contributed by atoms with E-state index in [0.717, 1.165) is 0 Å². The Morgan fingerprint density at radius 2 is 2.38 bits per heavy atom. The van der Waals surface area contributed by atoms with Crippen LogP contribution in [-0.4, -0.2) is 18.4 Å². The summed E-state index contributed by atoms with van der Waals surface area (Å²) >= 11 is 0. The van der Waals surface area contributed by atoms with Crippen molar-refractivity contribution in [3.05, 3.63) is 30.9 Å². The largest absolute Gasteiger partial charge is 0.479 e. The Labute approximate surface area is 92.1 Å². The van der Waals surface area contributed by atoms with E-state index in [-0.39, 0.29) is 18.4 Å². The van der Waals surface area contributed by atoms with Crippen molar-refractivity contribution in [3.63, 3.8) is 0 Å². The molecule has 2 N–H and O–H groups in total. The Morgan fingerprint density at radius 3 is 3.12 bits per heavy atom. The second-order valence-corrected chi connectivity index (χ2v) is 3.21. The maximum atomic E-state index is 11.2. The Bertz CT molecular complexity index is 468. The fourth-order valence-electron chi connectivity index (χ4n) is 1.40. The van der Waals surface area contributed by atoms with Gasteiger partial charge in [-0.3, -0.25) is 9.59 Å². The lowest BCUT2D eigenvalue weighted by atomic mass is 10.2. The van der Waals surface area contributed by atoms with Crippen LogP contribution < -0.4 is 15.4 Å². The van der Waals surface area contributed by atoms with Gasteiger partial charge in [0.2, 0.25) is 5.91 Å². The normalized spacial score (nSPS) is 13.1. The van der Waals surface area contributed by atoms with Crippen LogP contribution >= 0.6 is 0 Å². The van der Waals surface area contributed by atoms with Gasteiger partial charge in [0.1, 0.15) is 0 Å². The average molecular weight is 218 g/mol. The third kappa shape index (κ3) is 1.88. The first-order chi connectivity index (χ1) is 7.70. The van der Waals surface area contributed by atoms with E-state index in [9.17, 15) is 9.59 Å². The van der Waals surface area contributed by atoms with Crippen molar-refractivity contribution in [2.45, 2.75) is 0 Å². The summed E-state index contributed by atoms with van der Waals surface area (Å²) in [4.78, 5) is 22.2. The molecule has 82 valence electrons. The van der Waals surface area contributed by atoms with Crippen molar-refractivity contribution in [2.75, 3.05) is 17.2 Å². The fraction of sp³-hybridized carbons (Fsp3) is 0.0909. The Hall–Kier alpha value is -2.30. The molecule has 0 atom stereocenters. The smallest absolute Gasteiger partial charge is 0.262 e. The van der Waals surface area contributed by atoms with Crippen LogP contribution in [0.2, 0.25) is 0 Å². The van der Waals surface area contributed by atoms with Gasteiger partial charge in [-0.25, -0.2) is 0 Å². The van der Waals surface area contributed by atoms with Crippen molar-refractivity contribution in [2.24, 2.45) is 0 Å². The molecule has 1 aliphatic rings. The van der Waals surface area contributed by atoms with Crippen LogP contribution in [0.25, 0.3) is 0 Å². The Kier molecular flexibility index (Phi) is 2.59. The fourth-order valence-corrected chi connectivity index (χ4v) is 1.40. The summed E-state index contributed by atoms with van der Waals surface area (Å²) in [5.74, 6) is -0.0640. The molecule has 0 saturated heterocycles. The number of hydrogen-bond donors (Lipinski definition) is 2. The molecule has 0 aromatic heterocycles. The molecule has 0 radical (unpaired) electrons. The van der Waals surface area contributed by atoms with Gasteiger partial charge >= 0.3 is 0 Å². The highest BCUT2D eigenvalue weighted by molar-refractivity contribution is 6.03. The van der Waals surface area contributed by atoms with Gasteiger partial charge in [0, 0.05) is 0 Å². The minimum atomic E-state index is -0.325. The summed E-state index contributed by atoms with van der Waals surface area (Å²) in [5.41, 5.74) is 1.07. The first-order valence-electron chi connectivity index (χ1n) is 4.70. The van der Waals surface area contributed by atoms with E-state index < -0.39 is 0 Å². The van der Waals surface area contributed by atoms with Gasteiger partial charge in [-0.15, -0.1) is 0 Å². The predicted octanol–water partition coefficient (Wildman–Crippen LogP) is 1.14. The lowest BCUT2D eigenvalue weighted by Gasteiger charge is -2.20. The number of ether oxygens (including phenoxy) is 1. The number of benzene rings is 1. The summed E-state index contributed by atoms with van der Waals surface area (Å²) in [6.45, 7) is 3.31. The summed E-state index contributed by atoms with van der Waals surface area (Å²) < 4.78 is 5.25. The van der Waals surface area contributed by atoms with Gasteiger partial charge in [-0.1, -0.05) is 12.6 Å². The number of carbonyl (C=O) groups excluding carboxylic acids is 2. The first kappa shape index (κ1) is 10.2. The lowest BCUT2D eigenvalue weighted by Crippen LogP contribution is -2.26. The maximum absolute atomic E-state index is 11.2. The minimum Gasteiger partial charge on any atom is -0.479 e. The number of fused-ring (bicyclic) bond motifs is 1. The summed E-state index contributed by atoms with van der Waals surface area (Å²) in [5, 5.41) is 5.25. The van der Waals surface area contributed by atoms with Crippen LogP contribution in [0, 0.1) is 0 Å². The lowest BCUT2D eigenvalue weighted by molar-refractivity contribution is -0.118. The summed E-state index contributed by atoms with van der Waals surface area (Å²) in [6, 6.07) is 5.11. The summed E-state index contributed by atoms with van der Waals surface area (Å²) in [6.07, 6.45) is 1.17. The third-order valence-electron chi connectivity index (χ3n) is 2.08.